The van der Waals surface area contributed by atoms with Crippen molar-refractivity contribution in [3.63, 3.8) is 0 Å². The van der Waals surface area contributed by atoms with Gasteiger partial charge in [-0.05, 0) is 44.2 Å². The summed E-state index contributed by atoms with van der Waals surface area (Å²) in [5.41, 5.74) is 2.61. The SMILES string of the molecule is C=NC(=NC1(c2ccc(OC)cc2)CCCCC1)N/C=C(\C)C(=O)NO. The molecule has 0 unspecified atom stereocenters. The molecule has 0 aliphatic heterocycles. The van der Waals surface area contributed by atoms with E-state index in [0.29, 0.717) is 11.5 Å². The van der Waals surface area contributed by atoms with E-state index in [0.717, 1.165) is 37.0 Å². The molecule has 1 saturated carbocycles. The fourth-order valence-corrected chi connectivity index (χ4v) is 3.15. The number of carbonyl (C=O) groups excluding carboxylic acids is 1. The number of aliphatic imine (C=N–C) groups is 2. The molecule has 1 aliphatic carbocycles. The molecule has 0 bridgehead atoms. The highest BCUT2D eigenvalue weighted by Crippen LogP contribution is 2.41. The molecular weight excluding hydrogens is 332 g/mol. The topological polar surface area (TPSA) is 95.3 Å². The summed E-state index contributed by atoms with van der Waals surface area (Å²) in [6, 6.07) is 7.94. The van der Waals surface area contributed by atoms with Crippen LogP contribution in [0, 0.1) is 0 Å². The Hall–Kier alpha value is -2.67. The van der Waals surface area contributed by atoms with Gasteiger partial charge >= 0.3 is 0 Å². The third-order valence-electron chi connectivity index (χ3n) is 4.66. The number of carbonyl (C=O) groups is 1. The number of benzene rings is 1. The minimum absolute atomic E-state index is 0.297. The van der Waals surface area contributed by atoms with Crippen molar-refractivity contribution >= 4 is 18.6 Å². The van der Waals surface area contributed by atoms with E-state index in [1.807, 2.05) is 24.3 Å². The predicted octanol–water partition coefficient (Wildman–Crippen LogP) is 2.91. The molecule has 140 valence electrons. The van der Waals surface area contributed by atoms with Crippen LogP contribution in [0.4, 0.5) is 0 Å². The van der Waals surface area contributed by atoms with Crippen LogP contribution in [0.15, 0.2) is 46.0 Å². The van der Waals surface area contributed by atoms with Crippen molar-refractivity contribution in [2.24, 2.45) is 9.98 Å². The normalized spacial score (nSPS) is 17.3. The number of hydrogen-bond donors (Lipinski definition) is 3. The first kappa shape index (κ1) is 19.7. The lowest BCUT2D eigenvalue weighted by Gasteiger charge is -2.34. The van der Waals surface area contributed by atoms with Crippen molar-refractivity contribution in [2.45, 2.75) is 44.6 Å². The second-order valence-electron chi connectivity index (χ2n) is 6.33. The summed E-state index contributed by atoms with van der Waals surface area (Å²) in [5, 5.41) is 11.6. The molecule has 7 heteroatoms. The van der Waals surface area contributed by atoms with Crippen LogP contribution in [0.25, 0.3) is 0 Å². The van der Waals surface area contributed by atoms with Gasteiger partial charge in [0, 0.05) is 11.8 Å². The van der Waals surface area contributed by atoms with Crippen molar-refractivity contribution in [2.75, 3.05) is 7.11 Å². The van der Waals surface area contributed by atoms with Crippen LogP contribution >= 0.6 is 0 Å². The Labute approximate surface area is 153 Å². The molecule has 0 atom stereocenters. The van der Waals surface area contributed by atoms with E-state index in [1.54, 1.807) is 19.5 Å². The second-order valence-corrected chi connectivity index (χ2v) is 6.33. The maximum atomic E-state index is 11.4. The molecule has 0 heterocycles. The zero-order valence-corrected chi connectivity index (χ0v) is 15.3. The number of methoxy groups -OCH3 is 1. The lowest BCUT2D eigenvalue weighted by atomic mass is 9.77. The molecule has 1 aliphatic rings. The molecule has 1 amide bonds. The third-order valence-corrected chi connectivity index (χ3v) is 4.66. The van der Waals surface area contributed by atoms with Crippen LogP contribution in [0.5, 0.6) is 5.75 Å². The highest BCUT2D eigenvalue weighted by Gasteiger charge is 2.34. The molecular formula is C19H26N4O3. The van der Waals surface area contributed by atoms with Crippen LogP contribution in [0.2, 0.25) is 0 Å². The predicted molar refractivity (Wildman–Crippen MR) is 102 cm³/mol. The summed E-state index contributed by atoms with van der Waals surface area (Å²) in [6.45, 7) is 5.15. The quantitative estimate of drug-likeness (QED) is 0.248. The summed E-state index contributed by atoms with van der Waals surface area (Å²) >= 11 is 0. The standard InChI is InChI=1S/C19H26N4O3/c1-14(17(24)23-25)13-21-18(20-2)22-19(11-5-4-6-12-19)15-7-9-16(26-3)10-8-15/h7-10,13,25H,2,4-6,11-12H2,1,3H3,(H,21,22)(H,23,24)/b14-13+. The largest absolute Gasteiger partial charge is 0.497 e. The van der Waals surface area contributed by atoms with E-state index < -0.39 is 5.91 Å². The van der Waals surface area contributed by atoms with E-state index in [2.05, 4.69) is 17.0 Å². The maximum absolute atomic E-state index is 11.4. The number of hydroxylamine groups is 1. The van der Waals surface area contributed by atoms with Crippen LogP contribution < -0.4 is 15.5 Å². The van der Waals surface area contributed by atoms with Gasteiger partial charge in [0.15, 0.2) is 0 Å². The zero-order chi connectivity index (χ0) is 19.0. The fourth-order valence-electron chi connectivity index (χ4n) is 3.15. The highest BCUT2D eigenvalue weighted by molar-refractivity contribution is 5.93. The first-order valence-electron chi connectivity index (χ1n) is 8.63. The monoisotopic (exact) mass is 358 g/mol. The van der Waals surface area contributed by atoms with Crippen molar-refractivity contribution in [1.82, 2.24) is 10.8 Å². The van der Waals surface area contributed by atoms with Gasteiger partial charge in [-0.2, -0.15) is 0 Å². The van der Waals surface area contributed by atoms with Gasteiger partial charge in [-0.1, -0.05) is 31.4 Å². The molecule has 1 aromatic carbocycles. The van der Waals surface area contributed by atoms with E-state index in [1.165, 1.54) is 12.6 Å². The van der Waals surface area contributed by atoms with E-state index in [-0.39, 0.29) is 5.54 Å². The van der Waals surface area contributed by atoms with Crippen LogP contribution in [0.1, 0.15) is 44.6 Å². The van der Waals surface area contributed by atoms with Gasteiger partial charge in [-0.15, -0.1) is 0 Å². The molecule has 2 rings (SSSR count). The Morgan fingerprint density at radius 3 is 2.46 bits per heavy atom. The molecule has 3 N–H and O–H groups in total. The molecule has 0 aromatic heterocycles. The zero-order valence-electron chi connectivity index (χ0n) is 15.3. The van der Waals surface area contributed by atoms with Crippen molar-refractivity contribution in [3.8, 4) is 5.75 Å². The number of hydrogen-bond acceptors (Lipinski definition) is 4. The first-order chi connectivity index (χ1) is 12.5. The molecule has 1 aromatic rings. The highest BCUT2D eigenvalue weighted by atomic mass is 16.5. The van der Waals surface area contributed by atoms with Gasteiger partial charge in [-0.25, -0.2) is 15.5 Å². The van der Waals surface area contributed by atoms with Crippen LogP contribution in [-0.2, 0) is 10.3 Å². The number of rotatable bonds is 5. The molecule has 0 spiro atoms. The van der Waals surface area contributed by atoms with Gasteiger partial charge in [0.1, 0.15) is 5.75 Å². The minimum atomic E-state index is -0.594. The molecule has 1 fully saturated rings. The Kier molecular flexibility index (Phi) is 6.91. The lowest BCUT2D eigenvalue weighted by Crippen LogP contribution is -2.31. The van der Waals surface area contributed by atoms with Crippen LogP contribution in [0.3, 0.4) is 0 Å². The number of nitrogens with zero attached hydrogens (tertiary/aromatic N) is 2. The second kappa shape index (κ2) is 9.15. The smallest absolute Gasteiger partial charge is 0.271 e. The average molecular weight is 358 g/mol. The van der Waals surface area contributed by atoms with Gasteiger partial charge in [0.2, 0.25) is 5.96 Å². The van der Waals surface area contributed by atoms with Gasteiger partial charge in [0.05, 0.1) is 12.6 Å². The Balaban J connectivity index is 2.33. The number of guanidine groups is 1. The first-order valence-corrected chi connectivity index (χ1v) is 8.63. The van der Waals surface area contributed by atoms with E-state index in [4.69, 9.17) is 14.9 Å². The number of nitrogens with one attached hydrogen (secondary N) is 2. The molecule has 7 nitrogen and oxygen atoms in total. The Morgan fingerprint density at radius 1 is 1.27 bits per heavy atom. The van der Waals surface area contributed by atoms with Gasteiger partial charge in [0.25, 0.3) is 5.91 Å². The van der Waals surface area contributed by atoms with E-state index >= 15 is 0 Å². The Morgan fingerprint density at radius 2 is 1.92 bits per heavy atom. The van der Waals surface area contributed by atoms with Crippen molar-refractivity contribution < 1.29 is 14.7 Å². The average Bonchev–Trinajstić information content (AvgIpc) is 2.70. The van der Waals surface area contributed by atoms with Gasteiger partial charge < -0.3 is 10.1 Å². The number of ether oxygens (including phenoxy) is 1. The van der Waals surface area contributed by atoms with E-state index in [9.17, 15) is 4.79 Å². The lowest BCUT2D eigenvalue weighted by molar-refractivity contribution is -0.125. The summed E-state index contributed by atoms with van der Waals surface area (Å²) in [7, 11) is 1.64. The van der Waals surface area contributed by atoms with Crippen molar-refractivity contribution in [3.05, 3.63) is 41.6 Å². The maximum Gasteiger partial charge on any atom is 0.271 e. The minimum Gasteiger partial charge on any atom is -0.497 e. The summed E-state index contributed by atoms with van der Waals surface area (Å²) in [5.74, 6) is 0.550. The summed E-state index contributed by atoms with van der Waals surface area (Å²) in [4.78, 5) is 20.2. The summed E-state index contributed by atoms with van der Waals surface area (Å²) < 4.78 is 5.25. The molecule has 0 radical (unpaired) electrons. The summed E-state index contributed by atoms with van der Waals surface area (Å²) in [6.07, 6.45) is 6.64. The van der Waals surface area contributed by atoms with Crippen molar-refractivity contribution in [1.29, 1.82) is 0 Å². The third kappa shape index (κ3) is 4.70. The van der Waals surface area contributed by atoms with Crippen LogP contribution in [-0.4, -0.2) is 30.9 Å². The fraction of sp³-hybridized carbons (Fsp3) is 0.421. The molecule has 0 saturated heterocycles. The Bertz CT molecular complexity index is 689. The van der Waals surface area contributed by atoms with Gasteiger partial charge in [-0.3, -0.25) is 10.0 Å². The number of amides is 1. The molecule has 26 heavy (non-hydrogen) atoms.